The largest absolute Gasteiger partial charge is 0.416 e. The molecule has 4 nitrogen and oxygen atoms in total. The molecule has 0 aromatic heterocycles. The average Bonchev–Trinajstić information content (AvgIpc) is 2.60. The molecule has 7 heteroatoms. The van der Waals surface area contributed by atoms with Gasteiger partial charge in [0.25, 0.3) is 0 Å². The Bertz CT molecular complexity index is 808. The molecular weight excluding hydrogens is 343 g/mol. The van der Waals surface area contributed by atoms with Crippen LogP contribution in [0, 0.1) is 12.3 Å². The van der Waals surface area contributed by atoms with Gasteiger partial charge in [0, 0.05) is 25.1 Å². The first-order chi connectivity index (χ1) is 12.3. The zero-order valence-corrected chi connectivity index (χ0v) is 13.9. The van der Waals surface area contributed by atoms with Crippen LogP contribution < -0.4 is 16.4 Å². The van der Waals surface area contributed by atoms with Gasteiger partial charge in [0.15, 0.2) is 0 Å². The van der Waals surface area contributed by atoms with Gasteiger partial charge in [0.05, 0.1) is 16.9 Å². The quantitative estimate of drug-likeness (QED) is 0.532. The van der Waals surface area contributed by atoms with Gasteiger partial charge >= 0.3 is 6.18 Å². The highest BCUT2D eigenvalue weighted by molar-refractivity contribution is 5.94. The zero-order valence-electron chi connectivity index (χ0n) is 13.9. The Labute approximate surface area is 149 Å². The molecule has 1 amide bonds. The summed E-state index contributed by atoms with van der Waals surface area (Å²) in [5.74, 6) is 2.17. The summed E-state index contributed by atoms with van der Waals surface area (Å²) in [6.45, 7) is 0.339. The molecule has 0 atom stereocenters. The highest BCUT2D eigenvalue weighted by Crippen LogP contribution is 2.29. The van der Waals surface area contributed by atoms with E-state index in [1.165, 1.54) is 12.1 Å². The molecular formula is C19H18F3N3O. The number of nitrogens with two attached hydrogens (primary N) is 1. The highest BCUT2D eigenvalue weighted by atomic mass is 19.4. The fourth-order valence-electron chi connectivity index (χ4n) is 2.20. The van der Waals surface area contributed by atoms with E-state index in [-0.39, 0.29) is 12.3 Å². The number of anilines is 3. The van der Waals surface area contributed by atoms with Crippen molar-refractivity contribution in [1.82, 2.24) is 0 Å². The lowest BCUT2D eigenvalue weighted by molar-refractivity contribution is -0.137. The Morgan fingerprint density at radius 2 is 1.85 bits per heavy atom. The molecule has 0 saturated heterocycles. The normalized spacial score (nSPS) is 10.8. The summed E-state index contributed by atoms with van der Waals surface area (Å²) in [6, 6.07) is 9.93. The van der Waals surface area contributed by atoms with E-state index >= 15 is 0 Å². The van der Waals surface area contributed by atoms with Crippen LogP contribution >= 0.6 is 0 Å². The van der Waals surface area contributed by atoms with E-state index in [4.69, 9.17) is 12.2 Å². The molecule has 0 radical (unpaired) electrons. The molecule has 0 heterocycles. The van der Waals surface area contributed by atoms with Gasteiger partial charge in [-0.2, -0.15) is 13.2 Å². The molecule has 4 N–H and O–H groups in total. The van der Waals surface area contributed by atoms with E-state index in [1.807, 2.05) is 0 Å². The molecule has 2 aromatic carbocycles. The van der Waals surface area contributed by atoms with Crippen LogP contribution in [0.4, 0.5) is 30.2 Å². The number of nitrogen functional groups attached to an aromatic ring is 1. The van der Waals surface area contributed by atoms with Gasteiger partial charge in [-0.15, -0.1) is 12.3 Å². The minimum Gasteiger partial charge on any atom is -0.397 e. The van der Waals surface area contributed by atoms with Crippen LogP contribution in [0.1, 0.15) is 24.0 Å². The second kappa shape index (κ2) is 8.30. The minimum absolute atomic E-state index is 0.212. The number of benzene rings is 2. The van der Waals surface area contributed by atoms with Crippen molar-refractivity contribution in [3.05, 3.63) is 53.6 Å². The van der Waals surface area contributed by atoms with Crippen molar-refractivity contribution < 1.29 is 18.0 Å². The Balaban J connectivity index is 1.95. The molecule has 0 saturated carbocycles. The zero-order chi connectivity index (χ0) is 19.2. The second-order valence-electron chi connectivity index (χ2n) is 5.60. The molecule has 0 unspecified atom stereocenters. The molecule has 26 heavy (non-hydrogen) atoms. The van der Waals surface area contributed by atoms with Crippen molar-refractivity contribution >= 4 is 23.0 Å². The smallest absolute Gasteiger partial charge is 0.397 e. The number of carbonyl (C=O) groups excluding carboxylic acids is 1. The lowest BCUT2D eigenvalue weighted by atomic mass is 10.1. The first-order valence-electron chi connectivity index (χ1n) is 7.82. The molecule has 2 aromatic rings. The summed E-state index contributed by atoms with van der Waals surface area (Å²) in [4.78, 5) is 11.7. The molecule has 0 aliphatic carbocycles. The van der Waals surface area contributed by atoms with Crippen LogP contribution in [0.25, 0.3) is 0 Å². The summed E-state index contributed by atoms with van der Waals surface area (Å²) in [5, 5.41) is 5.75. The molecule has 0 fully saturated rings. The van der Waals surface area contributed by atoms with Crippen molar-refractivity contribution in [1.29, 1.82) is 0 Å². The van der Waals surface area contributed by atoms with Crippen LogP contribution in [0.5, 0.6) is 0 Å². The first kappa shape index (κ1) is 19.2. The third-order valence-corrected chi connectivity index (χ3v) is 3.60. The number of rotatable bonds is 6. The van der Waals surface area contributed by atoms with Gasteiger partial charge in [-0.1, -0.05) is 12.1 Å². The summed E-state index contributed by atoms with van der Waals surface area (Å²) in [7, 11) is 0. The summed E-state index contributed by atoms with van der Waals surface area (Å²) in [6.07, 6.45) is 1.32. The monoisotopic (exact) mass is 361 g/mol. The number of alkyl halides is 3. The number of halogens is 3. The van der Waals surface area contributed by atoms with Gasteiger partial charge < -0.3 is 16.4 Å². The summed E-state index contributed by atoms with van der Waals surface area (Å²) >= 11 is 0. The fourth-order valence-corrected chi connectivity index (χ4v) is 2.20. The van der Waals surface area contributed by atoms with E-state index in [0.717, 1.165) is 12.1 Å². The van der Waals surface area contributed by atoms with Crippen LogP contribution in [0.15, 0.2) is 42.5 Å². The number of terminal acetylenes is 1. The van der Waals surface area contributed by atoms with E-state index in [2.05, 4.69) is 16.6 Å². The molecule has 0 aliphatic heterocycles. The van der Waals surface area contributed by atoms with Crippen LogP contribution in [0.2, 0.25) is 0 Å². The Hall–Kier alpha value is -3.14. The van der Waals surface area contributed by atoms with E-state index in [9.17, 15) is 18.0 Å². The average molecular weight is 361 g/mol. The molecule has 0 aliphatic rings. The number of carbonyl (C=O) groups is 1. The lowest BCUT2D eigenvalue weighted by Crippen LogP contribution is -2.12. The first-order valence-corrected chi connectivity index (χ1v) is 7.82. The molecule has 0 bridgehead atoms. The Morgan fingerprint density at radius 3 is 2.42 bits per heavy atom. The van der Waals surface area contributed by atoms with Crippen molar-refractivity contribution in [3.8, 4) is 12.3 Å². The van der Waals surface area contributed by atoms with Crippen molar-refractivity contribution in [2.24, 2.45) is 0 Å². The molecule has 2 rings (SSSR count). The summed E-state index contributed by atoms with van der Waals surface area (Å²) < 4.78 is 37.6. The van der Waals surface area contributed by atoms with E-state index < -0.39 is 11.7 Å². The predicted molar refractivity (Wildman–Crippen MR) is 96.3 cm³/mol. The Morgan fingerprint density at radius 1 is 1.15 bits per heavy atom. The number of amides is 1. The van der Waals surface area contributed by atoms with E-state index in [1.54, 1.807) is 18.2 Å². The van der Waals surface area contributed by atoms with Crippen LogP contribution in [-0.2, 0) is 17.5 Å². The third-order valence-electron chi connectivity index (χ3n) is 3.60. The topological polar surface area (TPSA) is 67.2 Å². The summed E-state index contributed by atoms with van der Waals surface area (Å²) in [5.41, 5.74) is 7.46. The Kier molecular flexibility index (Phi) is 6.12. The standard InChI is InChI=1S/C19H18F3N3O/c1-2-3-4-18(26)25-17-10-9-15(11-16(17)23)24-12-13-5-7-14(8-6-13)19(20,21)22/h1,5-11,24H,3-4,12,23H2,(H,25,26). The van der Waals surface area contributed by atoms with Gasteiger partial charge in [0.2, 0.25) is 5.91 Å². The number of hydrogen-bond donors (Lipinski definition) is 3. The molecule has 0 spiro atoms. The number of nitrogens with one attached hydrogen (secondary N) is 2. The van der Waals surface area contributed by atoms with Crippen molar-refractivity contribution in [3.63, 3.8) is 0 Å². The van der Waals surface area contributed by atoms with Crippen molar-refractivity contribution in [2.45, 2.75) is 25.6 Å². The van der Waals surface area contributed by atoms with Gasteiger partial charge in [0.1, 0.15) is 0 Å². The maximum absolute atomic E-state index is 12.5. The van der Waals surface area contributed by atoms with E-state index in [0.29, 0.717) is 35.6 Å². The van der Waals surface area contributed by atoms with Gasteiger partial charge in [-0.25, -0.2) is 0 Å². The molecule has 136 valence electrons. The maximum Gasteiger partial charge on any atom is 0.416 e. The maximum atomic E-state index is 12.5. The SMILES string of the molecule is C#CCCC(=O)Nc1ccc(NCc2ccc(C(F)(F)F)cc2)cc1N. The van der Waals surface area contributed by atoms with Crippen LogP contribution in [0.3, 0.4) is 0 Å². The lowest BCUT2D eigenvalue weighted by Gasteiger charge is -2.12. The minimum atomic E-state index is -4.35. The third kappa shape index (κ3) is 5.45. The second-order valence-corrected chi connectivity index (χ2v) is 5.60. The van der Waals surface area contributed by atoms with Gasteiger partial charge in [-0.3, -0.25) is 4.79 Å². The van der Waals surface area contributed by atoms with Crippen LogP contribution in [-0.4, -0.2) is 5.91 Å². The van der Waals surface area contributed by atoms with Crippen molar-refractivity contribution in [2.75, 3.05) is 16.4 Å². The highest BCUT2D eigenvalue weighted by Gasteiger charge is 2.29. The van der Waals surface area contributed by atoms with Gasteiger partial charge in [-0.05, 0) is 35.9 Å². The fraction of sp³-hybridized carbons (Fsp3) is 0.211. The number of hydrogen-bond acceptors (Lipinski definition) is 3. The predicted octanol–water partition coefficient (Wildman–Crippen LogP) is 4.25.